The maximum absolute atomic E-state index is 12.4. The van der Waals surface area contributed by atoms with Crippen molar-refractivity contribution < 1.29 is 23.8 Å². The third-order valence-corrected chi connectivity index (χ3v) is 5.24. The number of ether oxygens (including phenoxy) is 3. The summed E-state index contributed by atoms with van der Waals surface area (Å²) < 4.78 is 17.7. The first-order valence-electron chi connectivity index (χ1n) is 9.44. The Morgan fingerprint density at radius 2 is 2.00 bits per heavy atom. The van der Waals surface area contributed by atoms with Crippen molar-refractivity contribution in [1.29, 1.82) is 0 Å². The summed E-state index contributed by atoms with van der Waals surface area (Å²) >= 11 is 1.28. The number of anilines is 1. The topological polar surface area (TPSA) is 117 Å². The highest BCUT2D eigenvalue weighted by molar-refractivity contribution is 7.99. The van der Waals surface area contributed by atoms with Crippen LogP contribution in [0.5, 0.6) is 17.4 Å². The minimum atomic E-state index is -0.400. The molecule has 10 nitrogen and oxygen atoms in total. The van der Waals surface area contributed by atoms with Crippen LogP contribution in [0.3, 0.4) is 0 Å². The number of thioether (sulfide) groups is 1. The monoisotopic (exact) mass is 441 g/mol. The van der Waals surface area contributed by atoms with Gasteiger partial charge in [-0.2, -0.15) is 0 Å². The minimum Gasteiger partial charge on any atom is -0.451 e. The molecular formula is C20H19N5O5S. The lowest BCUT2D eigenvalue weighted by atomic mass is 10.2. The molecule has 11 heteroatoms. The van der Waals surface area contributed by atoms with Crippen LogP contribution in [0.25, 0.3) is 11.4 Å². The van der Waals surface area contributed by atoms with Crippen LogP contribution in [0.4, 0.5) is 5.69 Å². The number of fused-ring (bicyclic) bond motifs is 1. The average molecular weight is 441 g/mol. The lowest BCUT2D eigenvalue weighted by Gasteiger charge is -2.09. The second-order valence-corrected chi connectivity index (χ2v) is 7.35. The van der Waals surface area contributed by atoms with E-state index in [0.717, 1.165) is 5.56 Å². The van der Waals surface area contributed by atoms with E-state index in [9.17, 15) is 9.59 Å². The van der Waals surface area contributed by atoms with E-state index in [1.54, 1.807) is 36.5 Å². The van der Waals surface area contributed by atoms with E-state index in [-0.39, 0.29) is 18.5 Å². The van der Waals surface area contributed by atoms with Crippen LogP contribution in [0, 0.1) is 0 Å². The molecule has 1 aromatic carbocycles. The smallest absolute Gasteiger partial charge is 0.308 e. The fourth-order valence-corrected chi connectivity index (χ4v) is 3.77. The van der Waals surface area contributed by atoms with Crippen LogP contribution in [-0.4, -0.2) is 44.2 Å². The molecule has 0 aliphatic carbocycles. The van der Waals surface area contributed by atoms with E-state index < -0.39 is 5.97 Å². The number of carbonyl (C=O) groups is 2. The fraction of sp³-hybridized carbons (Fsp3) is 0.250. The van der Waals surface area contributed by atoms with Crippen LogP contribution in [-0.2, 0) is 16.1 Å². The maximum atomic E-state index is 12.4. The molecule has 0 saturated heterocycles. The molecule has 2 aromatic heterocycles. The Bertz CT molecular complexity index is 1120. The van der Waals surface area contributed by atoms with Gasteiger partial charge in [-0.3, -0.25) is 9.59 Å². The molecule has 31 heavy (non-hydrogen) atoms. The highest BCUT2D eigenvalue weighted by atomic mass is 32.2. The fourth-order valence-electron chi connectivity index (χ4n) is 2.97. The van der Waals surface area contributed by atoms with Gasteiger partial charge in [0.1, 0.15) is 5.75 Å². The number of hydrogen-bond acceptors (Lipinski definition) is 9. The van der Waals surface area contributed by atoms with Crippen molar-refractivity contribution in [2.45, 2.75) is 25.5 Å². The Hall–Kier alpha value is -3.60. The van der Waals surface area contributed by atoms with Gasteiger partial charge in [0.15, 0.2) is 16.7 Å². The Kier molecular flexibility index (Phi) is 6.03. The minimum absolute atomic E-state index is 0.114. The predicted molar refractivity (Wildman–Crippen MR) is 112 cm³/mol. The third-order valence-electron chi connectivity index (χ3n) is 4.28. The van der Waals surface area contributed by atoms with Gasteiger partial charge < -0.3 is 24.1 Å². The van der Waals surface area contributed by atoms with E-state index in [0.29, 0.717) is 40.6 Å². The first-order valence-corrected chi connectivity index (χ1v) is 10.4. The summed E-state index contributed by atoms with van der Waals surface area (Å²) in [6.07, 6.45) is 1.63. The van der Waals surface area contributed by atoms with Gasteiger partial charge in [-0.1, -0.05) is 11.8 Å². The number of rotatable bonds is 7. The van der Waals surface area contributed by atoms with Gasteiger partial charge in [-0.05, 0) is 37.3 Å². The van der Waals surface area contributed by atoms with Gasteiger partial charge in [-0.15, -0.1) is 10.2 Å². The highest BCUT2D eigenvalue weighted by Gasteiger charge is 2.24. The van der Waals surface area contributed by atoms with Crippen LogP contribution in [0.1, 0.15) is 13.8 Å². The number of esters is 1. The molecule has 1 N–H and O–H groups in total. The SMILES string of the molecule is CCn1c(SCC(=O)Nc2ccc(OC(C)=O)cc2)nnc1-c1ccnc2c1OCO2. The summed E-state index contributed by atoms with van der Waals surface area (Å²) in [5.74, 6) is 1.56. The molecule has 160 valence electrons. The molecule has 1 amide bonds. The van der Waals surface area contributed by atoms with Gasteiger partial charge in [-0.25, -0.2) is 4.98 Å². The molecule has 0 saturated carbocycles. The second kappa shape index (κ2) is 9.04. The quantitative estimate of drug-likeness (QED) is 0.335. The van der Waals surface area contributed by atoms with Crippen molar-refractivity contribution in [3.05, 3.63) is 36.5 Å². The van der Waals surface area contributed by atoms with Crippen molar-refractivity contribution in [3.8, 4) is 28.8 Å². The molecule has 0 unspecified atom stereocenters. The lowest BCUT2D eigenvalue weighted by molar-refractivity contribution is -0.131. The molecule has 3 heterocycles. The van der Waals surface area contributed by atoms with Gasteiger partial charge in [0.2, 0.25) is 12.7 Å². The van der Waals surface area contributed by atoms with E-state index in [2.05, 4.69) is 20.5 Å². The Morgan fingerprint density at radius 1 is 1.19 bits per heavy atom. The molecular weight excluding hydrogens is 422 g/mol. The lowest BCUT2D eigenvalue weighted by Crippen LogP contribution is -2.14. The van der Waals surface area contributed by atoms with Crippen LogP contribution in [0.2, 0.25) is 0 Å². The summed E-state index contributed by atoms with van der Waals surface area (Å²) in [5.41, 5.74) is 1.34. The third kappa shape index (κ3) is 4.61. The zero-order chi connectivity index (χ0) is 21.8. The van der Waals surface area contributed by atoms with E-state index >= 15 is 0 Å². The van der Waals surface area contributed by atoms with Crippen LogP contribution in [0.15, 0.2) is 41.7 Å². The maximum Gasteiger partial charge on any atom is 0.308 e. The van der Waals surface area contributed by atoms with Gasteiger partial charge >= 0.3 is 5.97 Å². The zero-order valence-electron chi connectivity index (χ0n) is 16.8. The number of carbonyl (C=O) groups excluding carboxylic acids is 2. The van der Waals surface area contributed by atoms with Crippen molar-refractivity contribution >= 4 is 29.3 Å². The van der Waals surface area contributed by atoms with E-state index in [1.807, 2.05) is 11.5 Å². The van der Waals surface area contributed by atoms with Gasteiger partial charge in [0, 0.05) is 25.4 Å². The van der Waals surface area contributed by atoms with Gasteiger partial charge in [0.05, 0.1) is 11.3 Å². The Labute approximate surface area is 181 Å². The molecule has 0 fully saturated rings. The van der Waals surface area contributed by atoms with Crippen molar-refractivity contribution in [3.63, 3.8) is 0 Å². The normalized spacial score (nSPS) is 11.9. The molecule has 1 aliphatic heterocycles. The first-order chi connectivity index (χ1) is 15.0. The molecule has 0 atom stereocenters. The summed E-state index contributed by atoms with van der Waals surface area (Å²) in [6, 6.07) is 8.36. The first kappa shape index (κ1) is 20.7. The molecule has 0 radical (unpaired) electrons. The number of nitrogens with one attached hydrogen (secondary N) is 1. The molecule has 0 bridgehead atoms. The molecule has 4 rings (SSSR count). The Morgan fingerprint density at radius 3 is 2.74 bits per heavy atom. The molecule has 1 aliphatic rings. The standard InChI is InChI=1S/C20H19N5O5S/c1-3-25-18(15-8-9-21-19-17(15)28-11-29-19)23-24-20(25)31-10-16(27)22-13-4-6-14(7-5-13)30-12(2)26/h4-9H,3,10-11H2,1-2H3,(H,22,27). The summed E-state index contributed by atoms with van der Waals surface area (Å²) in [7, 11) is 0. The number of amides is 1. The average Bonchev–Trinajstić information content (AvgIpc) is 3.39. The number of nitrogens with zero attached hydrogens (tertiary/aromatic N) is 4. The highest BCUT2D eigenvalue weighted by Crippen LogP contribution is 2.39. The summed E-state index contributed by atoms with van der Waals surface area (Å²) in [4.78, 5) is 27.5. The number of pyridine rings is 1. The van der Waals surface area contributed by atoms with Crippen LogP contribution >= 0.6 is 11.8 Å². The van der Waals surface area contributed by atoms with E-state index in [1.165, 1.54) is 18.7 Å². The van der Waals surface area contributed by atoms with E-state index in [4.69, 9.17) is 14.2 Å². The number of aromatic nitrogens is 4. The predicted octanol–water partition coefficient (Wildman–Crippen LogP) is 2.74. The largest absolute Gasteiger partial charge is 0.451 e. The zero-order valence-corrected chi connectivity index (χ0v) is 17.6. The molecule has 3 aromatic rings. The Balaban J connectivity index is 1.42. The summed E-state index contributed by atoms with van der Waals surface area (Å²) in [6.45, 7) is 4.03. The van der Waals surface area contributed by atoms with Crippen molar-refractivity contribution in [2.75, 3.05) is 17.9 Å². The second-order valence-electron chi connectivity index (χ2n) is 6.40. The van der Waals surface area contributed by atoms with Gasteiger partial charge in [0.25, 0.3) is 5.88 Å². The summed E-state index contributed by atoms with van der Waals surface area (Å²) in [5, 5.41) is 11.9. The van der Waals surface area contributed by atoms with Crippen molar-refractivity contribution in [2.24, 2.45) is 0 Å². The van der Waals surface area contributed by atoms with Crippen molar-refractivity contribution in [1.82, 2.24) is 19.7 Å². The number of benzene rings is 1. The number of hydrogen-bond donors (Lipinski definition) is 1. The molecule has 0 spiro atoms. The van der Waals surface area contributed by atoms with Crippen LogP contribution < -0.4 is 19.5 Å².